The molecule has 2 aliphatic rings. The molecule has 0 radical (unpaired) electrons. The molecule has 2 aliphatic heterocycles. The lowest BCUT2D eigenvalue weighted by Gasteiger charge is -2.40. The number of sulfonamides is 1. The highest BCUT2D eigenvalue weighted by Gasteiger charge is 2.30. The quantitative estimate of drug-likeness (QED) is 0.786. The third-order valence-corrected chi connectivity index (χ3v) is 7.24. The van der Waals surface area contributed by atoms with Gasteiger partial charge in [-0.05, 0) is 44.9 Å². The van der Waals surface area contributed by atoms with Crippen LogP contribution in [-0.2, 0) is 14.8 Å². The summed E-state index contributed by atoms with van der Waals surface area (Å²) < 4.78 is 32.3. The van der Waals surface area contributed by atoms with Gasteiger partial charge in [-0.1, -0.05) is 6.07 Å². The second-order valence-corrected chi connectivity index (χ2v) is 9.67. The average molecular weight is 396 g/mol. The summed E-state index contributed by atoms with van der Waals surface area (Å²) >= 11 is 0. The summed E-state index contributed by atoms with van der Waals surface area (Å²) in [4.78, 5) is 15.1. The molecule has 0 aromatic heterocycles. The fourth-order valence-electron chi connectivity index (χ4n) is 3.55. The Labute approximate surface area is 161 Å². The molecule has 0 atom stereocenters. The minimum atomic E-state index is -3.52. The minimum Gasteiger partial charge on any atom is -0.379 e. The van der Waals surface area contributed by atoms with E-state index in [9.17, 15) is 13.2 Å². The third-order valence-electron chi connectivity index (χ3n) is 5.35. The molecular weight excluding hydrogens is 366 g/mol. The molecule has 2 heterocycles. The van der Waals surface area contributed by atoms with Crippen LogP contribution in [0.5, 0.6) is 0 Å². The van der Waals surface area contributed by atoms with E-state index in [0.29, 0.717) is 38.4 Å². The lowest BCUT2D eigenvalue weighted by Crippen LogP contribution is -2.55. The van der Waals surface area contributed by atoms with E-state index < -0.39 is 10.0 Å². The molecule has 0 bridgehead atoms. The van der Waals surface area contributed by atoms with E-state index in [4.69, 9.17) is 4.74 Å². The first-order chi connectivity index (χ1) is 12.8. The van der Waals surface area contributed by atoms with Crippen LogP contribution in [0.1, 0.15) is 37.0 Å². The fourth-order valence-corrected chi connectivity index (χ4v) is 5.12. The van der Waals surface area contributed by atoms with Crippen molar-refractivity contribution in [1.29, 1.82) is 0 Å². The number of carbonyl (C=O) groups is 1. The van der Waals surface area contributed by atoms with Gasteiger partial charge in [0.05, 0.1) is 18.1 Å². The number of carbonyl (C=O) groups excluding carboxylic acids is 1. The number of nitrogens with zero attached hydrogens (tertiary/aromatic N) is 2. The highest BCUT2D eigenvalue weighted by atomic mass is 32.2. The number of hydrogen-bond acceptors (Lipinski definition) is 5. The Morgan fingerprint density at radius 3 is 2.48 bits per heavy atom. The van der Waals surface area contributed by atoms with Crippen LogP contribution in [0, 0.1) is 0 Å². The van der Waals surface area contributed by atoms with Crippen LogP contribution in [-0.4, -0.2) is 75.0 Å². The van der Waals surface area contributed by atoms with E-state index in [1.54, 1.807) is 18.2 Å². The van der Waals surface area contributed by atoms with Gasteiger partial charge in [-0.3, -0.25) is 9.69 Å². The molecule has 150 valence electrons. The van der Waals surface area contributed by atoms with E-state index in [1.165, 1.54) is 10.4 Å². The van der Waals surface area contributed by atoms with Crippen molar-refractivity contribution >= 4 is 15.9 Å². The van der Waals surface area contributed by atoms with Crippen molar-refractivity contribution in [3.8, 4) is 0 Å². The Balaban J connectivity index is 1.66. The van der Waals surface area contributed by atoms with E-state index in [1.807, 2.05) is 0 Å². The van der Waals surface area contributed by atoms with E-state index in [0.717, 1.165) is 25.9 Å². The van der Waals surface area contributed by atoms with Gasteiger partial charge in [0.25, 0.3) is 5.91 Å². The number of rotatable bonds is 6. The summed E-state index contributed by atoms with van der Waals surface area (Å²) in [6.07, 6.45) is 1.77. The molecule has 0 aliphatic carbocycles. The van der Waals surface area contributed by atoms with Gasteiger partial charge >= 0.3 is 0 Å². The molecule has 1 aromatic carbocycles. The van der Waals surface area contributed by atoms with Gasteiger partial charge in [-0.2, -0.15) is 4.31 Å². The Kier molecular flexibility index (Phi) is 6.20. The number of ether oxygens (including phenoxy) is 1. The van der Waals surface area contributed by atoms with Gasteiger partial charge < -0.3 is 10.1 Å². The predicted octanol–water partition coefficient (Wildman–Crippen LogP) is 1.31. The van der Waals surface area contributed by atoms with Crippen LogP contribution >= 0.6 is 0 Å². The zero-order valence-electron chi connectivity index (χ0n) is 16.1. The summed E-state index contributed by atoms with van der Waals surface area (Å²) in [5, 5.41) is 2.95. The van der Waals surface area contributed by atoms with E-state index >= 15 is 0 Å². The molecule has 2 fully saturated rings. The monoisotopic (exact) mass is 395 g/mol. The molecule has 8 heteroatoms. The standard InChI is InChI=1S/C19H29N3O4S/c1-19(2,21-10-12-26-13-11-21)15-20-18(23)16-6-5-7-17(14-16)27(24,25)22-8-3-4-9-22/h5-7,14H,3-4,8-13,15H2,1-2H3,(H,20,23). The number of amides is 1. The molecule has 1 aromatic rings. The summed E-state index contributed by atoms with van der Waals surface area (Å²) in [5.74, 6) is -0.255. The maximum Gasteiger partial charge on any atom is 0.251 e. The summed E-state index contributed by atoms with van der Waals surface area (Å²) in [5.41, 5.74) is 0.173. The number of hydrogen-bond donors (Lipinski definition) is 1. The van der Waals surface area contributed by atoms with Crippen molar-refractivity contribution in [2.24, 2.45) is 0 Å². The maximum atomic E-state index is 12.7. The molecule has 1 amide bonds. The van der Waals surface area contributed by atoms with Crippen LogP contribution < -0.4 is 5.32 Å². The highest BCUT2D eigenvalue weighted by Crippen LogP contribution is 2.22. The van der Waals surface area contributed by atoms with Crippen molar-refractivity contribution in [3.63, 3.8) is 0 Å². The molecule has 2 saturated heterocycles. The third kappa shape index (κ3) is 4.68. The van der Waals surface area contributed by atoms with Crippen LogP contribution in [0.15, 0.2) is 29.2 Å². The van der Waals surface area contributed by atoms with Gasteiger partial charge in [0.15, 0.2) is 0 Å². The van der Waals surface area contributed by atoms with Crippen molar-refractivity contribution in [2.45, 2.75) is 37.1 Å². The summed E-state index contributed by atoms with van der Waals surface area (Å²) in [6, 6.07) is 6.32. The Hall–Kier alpha value is -1.48. The number of morpholine rings is 1. The zero-order valence-corrected chi connectivity index (χ0v) is 16.9. The lowest BCUT2D eigenvalue weighted by molar-refractivity contribution is -0.00923. The molecule has 7 nitrogen and oxygen atoms in total. The first kappa shape index (κ1) is 20.3. The Morgan fingerprint density at radius 2 is 1.81 bits per heavy atom. The summed E-state index contributed by atoms with van der Waals surface area (Å²) in [6.45, 7) is 8.84. The number of nitrogens with one attached hydrogen (secondary N) is 1. The van der Waals surface area contributed by atoms with Crippen molar-refractivity contribution < 1.29 is 17.9 Å². The molecule has 1 N–H and O–H groups in total. The van der Waals surface area contributed by atoms with Crippen molar-refractivity contribution in [3.05, 3.63) is 29.8 Å². The molecule has 0 saturated carbocycles. The normalized spacial score (nSPS) is 19.9. The van der Waals surface area contributed by atoms with Gasteiger partial charge in [-0.15, -0.1) is 0 Å². The SMILES string of the molecule is CC(C)(CNC(=O)c1cccc(S(=O)(=O)N2CCCC2)c1)N1CCOCC1. The van der Waals surface area contributed by atoms with E-state index in [-0.39, 0.29) is 16.3 Å². The smallest absolute Gasteiger partial charge is 0.251 e. The first-order valence-corrected chi connectivity index (χ1v) is 11.0. The topological polar surface area (TPSA) is 79.0 Å². The number of benzene rings is 1. The zero-order chi connectivity index (χ0) is 19.5. The van der Waals surface area contributed by atoms with Crippen LogP contribution in [0.25, 0.3) is 0 Å². The van der Waals surface area contributed by atoms with Gasteiger partial charge in [-0.25, -0.2) is 8.42 Å². The average Bonchev–Trinajstić information content (AvgIpc) is 3.23. The second-order valence-electron chi connectivity index (χ2n) is 7.73. The van der Waals surface area contributed by atoms with Crippen LogP contribution in [0.3, 0.4) is 0 Å². The van der Waals surface area contributed by atoms with Gasteiger partial charge in [0.2, 0.25) is 10.0 Å². The minimum absolute atomic E-state index is 0.185. The van der Waals surface area contributed by atoms with E-state index in [2.05, 4.69) is 24.1 Å². The predicted molar refractivity (Wildman–Crippen MR) is 103 cm³/mol. The largest absolute Gasteiger partial charge is 0.379 e. The molecule has 0 spiro atoms. The second kappa shape index (κ2) is 8.26. The van der Waals surface area contributed by atoms with Gasteiger partial charge in [0.1, 0.15) is 0 Å². The molecule has 27 heavy (non-hydrogen) atoms. The first-order valence-electron chi connectivity index (χ1n) is 9.52. The van der Waals surface area contributed by atoms with Crippen molar-refractivity contribution in [1.82, 2.24) is 14.5 Å². The Bertz CT molecular complexity index is 767. The maximum absolute atomic E-state index is 12.7. The molecule has 3 rings (SSSR count). The molecule has 0 unspecified atom stereocenters. The van der Waals surface area contributed by atoms with Gasteiger partial charge in [0, 0.05) is 43.8 Å². The molecular formula is C19H29N3O4S. The van der Waals surface area contributed by atoms with Crippen molar-refractivity contribution in [2.75, 3.05) is 45.9 Å². The van der Waals surface area contributed by atoms with Crippen LogP contribution in [0.2, 0.25) is 0 Å². The Morgan fingerprint density at radius 1 is 1.15 bits per heavy atom. The van der Waals surface area contributed by atoms with Crippen LogP contribution in [0.4, 0.5) is 0 Å². The highest BCUT2D eigenvalue weighted by molar-refractivity contribution is 7.89. The fraction of sp³-hybridized carbons (Fsp3) is 0.632. The summed E-state index contributed by atoms with van der Waals surface area (Å²) in [7, 11) is -3.52. The lowest BCUT2D eigenvalue weighted by atomic mass is 10.0.